The van der Waals surface area contributed by atoms with E-state index < -0.39 is 17.6 Å². The van der Waals surface area contributed by atoms with Crippen molar-refractivity contribution in [3.63, 3.8) is 0 Å². The molecule has 29 heavy (non-hydrogen) atoms. The second kappa shape index (κ2) is 8.64. The summed E-state index contributed by atoms with van der Waals surface area (Å²) in [4.78, 5) is 16.8. The quantitative estimate of drug-likeness (QED) is 0.612. The number of hydrogen-bond acceptors (Lipinski definition) is 4. The van der Waals surface area contributed by atoms with E-state index in [0.717, 1.165) is 23.4 Å². The number of nitrogens with one attached hydrogen (secondary N) is 2. The number of methoxy groups -OCH3 is 1. The Kier molecular flexibility index (Phi) is 6.01. The van der Waals surface area contributed by atoms with Gasteiger partial charge in [0.15, 0.2) is 0 Å². The number of pyridine rings is 1. The summed E-state index contributed by atoms with van der Waals surface area (Å²) < 4.78 is 43.1. The predicted octanol–water partition coefficient (Wildman–Crippen LogP) is 4.97. The van der Waals surface area contributed by atoms with E-state index in [-0.39, 0.29) is 11.3 Å². The summed E-state index contributed by atoms with van der Waals surface area (Å²) in [6, 6.07) is 14.9. The van der Waals surface area contributed by atoms with Crippen LogP contribution in [-0.4, -0.2) is 18.0 Å². The Balaban J connectivity index is 1.69. The zero-order chi connectivity index (χ0) is 20.9. The van der Waals surface area contributed by atoms with Crippen molar-refractivity contribution in [2.24, 2.45) is 0 Å². The lowest BCUT2D eigenvalue weighted by atomic mass is 10.1. The van der Waals surface area contributed by atoms with E-state index >= 15 is 0 Å². The number of aromatic nitrogens is 1. The highest BCUT2D eigenvalue weighted by Gasteiger charge is 2.30. The molecular formula is C21H18F3N3O2. The summed E-state index contributed by atoms with van der Waals surface area (Å²) in [6.07, 6.45) is -2.88. The first-order chi connectivity index (χ1) is 13.9. The molecule has 8 heteroatoms. The smallest absolute Gasteiger partial charge is 0.416 e. The maximum Gasteiger partial charge on any atom is 0.416 e. The fourth-order valence-corrected chi connectivity index (χ4v) is 2.60. The average Bonchev–Trinajstić information content (AvgIpc) is 2.72. The minimum atomic E-state index is -4.43. The topological polar surface area (TPSA) is 63.2 Å². The van der Waals surface area contributed by atoms with Crippen LogP contribution in [-0.2, 0) is 12.7 Å². The zero-order valence-corrected chi connectivity index (χ0v) is 15.5. The van der Waals surface area contributed by atoms with Gasteiger partial charge in [-0.1, -0.05) is 12.1 Å². The van der Waals surface area contributed by atoms with Gasteiger partial charge in [0.2, 0.25) is 0 Å². The highest BCUT2D eigenvalue weighted by atomic mass is 19.4. The minimum absolute atomic E-state index is 0.257. The fourth-order valence-electron chi connectivity index (χ4n) is 2.60. The van der Waals surface area contributed by atoms with Gasteiger partial charge in [0, 0.05) is 18.4 Å². The number of halogens is 3. The summed E-state index contributed by atoms with van der Waals surface area (Å²) in [6.45, 7) is 0.432. The van der Waals surface area contributed by atoms with Gasteiger partial charge in [-0.25, -0.2) is 4.98 Å². The molecule has 0 aliphatic rings. The maximum atomic E-state index is 12.7. The van der Waals surface area contributed by atoms with Crippen molar-refractivity contribution in [3.8, 4) is 5.75 Å². The lowest BCUT2D eigenvalue weighted by Gasteiger charge is -2.12. The first-order valence-electron chi connectivity index (χ1n) is 8.67. The van der Waals surface area contributed by atoms with E-state index in [2.05, 4.69) is 15.6 Å². The number of alkyl halides is 3. The number of anilines is 2. The Hall–Kier alpha value is -3.55. The van der Waals surface area contributed by atoms with Crippen molar-refractivity contribution in [1.29, 1.82) is 0 Å². The third kappa shape index (κ3) is 5.25. The Bertz CT molecular complexity index is 972. The molecule has 0 radical (unpaired) electrons. The van der Waals surface area contributed by atoms with Crippen LogP contribution in [0.3, 0.4) is 0 Å². The molecule has 0 saturated carbocycles. The first kappa shape index (κ1) is 20.2. The summed E-state index contributed by atoms with van der Waals surface area (Å²) in [5, 5.41) is 5.69. The van der Waals surface area contributed by atoms with Crippen molar-refractivity contribution in [2.45, 2.75) is 12.7 Å². The van der Waals surface area contributed by atoms with E-state index in [9.17, 15) is 18.0 Å². The van der Waals surface area contributed by atoms with Crippen LogP contribution >= 0.6 is 0 Å². The summed E-state index contributed by atoms with van der Waals surface area (Å²) in [5.41, 5.74) is 0.721. The van der Waals surface area contributed by atoms with Gasteiger partial charge in [-0.15, -0.1) is 0 Å². The van der Waals surface area contributed by atoms with Crippen molar-refractivity contribution in [2.75, 3.05) is 17.7 Å². The lowest BCUT2D eigenvalue weighted by Crippen LogP contribution is -2.16. The van der Waals surface area contributed by atoms with Gasteiger partial charge in [0.25, 0.3) is 5.91 Å². The summed E-state index contributed by atoms with van der Waals surface area (Å²) in [5.74, 6) is 0.631. The van der Waals surface area contributed by atoms with Gasteiger partial charge in [0.05, 0.1) is 18.2 Å². The molecule has 150 valence electrons. The first-order valence-corrected chi connectivity index (χ1v) is 8.67. The van der Waals surface area contributed by atoms with Crippen LogP contribution in [0.25, 0.3) is 0 Å². The third-order valence-corrected chi connectivity index (χ3v) is 4.14. The maximum absolute atomic E-state index is 12.7. The van der Waals surface area contributed by atoms with E-state index in [0.29, 0.717) is 12.4 Å². The summed E-state index contributed by atoms with van der Waals surface area (Å²) in [7, 11) is 1.59. The Morgan fingerprint density at radius 1 is 1.03 bits per heavy atom. The molecule has 2 N–H and O–H groups in total. The van der Waals surface area contributed by atoms with Crippen molar-refractivity contribution >= 4 is 17.4 Å². The van der Waals surface area contributed by atoms with Crippen molar-refractivity contribution in [1.82, 2.24) is 4.98 Å². The SMILES string of the molecule is COc1ccc(CNc2ncccc2C(=O)Nc2ccc(C(F)(F)F)cc2)cc1. The van der Waals surface area contributed by atoms with Crippen LogP contribution in [0.1, 0.15) is 21.5 Å². The van der Waals surface area contributed by atoms with Crippen molar-refractivity contribution < 1.29 is 22.7 Å². The van der Waals surface area contributed by atoms with Crippen LogP contribution in [0, 0.1) is 0 Å². The van der Waals surface area contributed by atoms with Gasteiger partial charge in [-0.3, -0.25) is 4.79 Å². The van der Waals surface area contributed by atoms with Crippen molar-refractivity contribution in [3.05, 3.63) is 83.6 Å². The van der Waals surface area contributed by atoms with E-state index in [1.165, 1.54) is 12.1 Å². The van der Waals surface area contributed by atoms with Crippen LogP contribution in [0.15, 0.2) is 66.9 Å². The van der Waals surface area contributed by atoms with Gasteiger partial charge in [-0.05, 0) is 54.1 Å². The molecule has 1 aromatic heterocycles. The molecule has 0 aliphatic heterocycles. The molecule has 0 saturated heterocycles. The second-order valence-electron chi connectivity index (χ2n) is 6.13. The minimum Gasteiger partial charge on any atom is -0.497 e. The highest BCUT2D eigenvalue weighted by molar-refractivity contribution is 6.07. The third-order valence-electron chi connectivity index (χ3n) is 4.14. The number of carbonyl (C=O) groups is 1. The van der Waals surface area contributed by atoms with Crippen LogP contribution < -0.4 is 15.4 Å². The van der Waals surface area contributed by atoms with Gasteiger partial charge < -0.3 is 15.4 Å². The molecule has 3 aromatic rings. The van der Waals surface area contributed by atoms with Gasteiger partial charge in [0.1, 0.15) is 11.6 Å². The Morgan fingerprint density at radius 2 is 1.72 bits per heavy atom. The lowest BCUT2D eigenvalue weighted by molar-refractivity contribution is -0.137. The van der Waals surface area contributed by atoms with E-state index in [1.807, 2.05) is 24.3 Å². The van der Waals surface area contributed by atoms with Crippen LogP contribution in [0.2, 0.25) is 0 Å². The number of nitrogens with zero attached hydrogens (tertiary/aromatic N) is 1. The predicted molar refractivity (Wildman–Crippen MR) is 104 cm³/mol. The molecule has 5 nitrogen and oxygen atoms in total. The Labute approximate surface area is 165 Å². The Morgan fingerprint density at radius 3 is 2.34 bits per heavy atom. The largest absolute Gasteiger partial charge is 0.497 e. The van der Waals surface area contributed by atoms with Crippen LogP contribution in [0.4, 0.5) is 24.7 Å². The molecule has 0 fully saturated rings. The molecule has 2 aromatic carbocycles. The highest BCUT2D eigenvalue weighted by Crippen LogP contribution is 2.30. The zero-order valence-electron chi connectivity index (χ0n) is 15.5. The summed E-state index contributed by atoms with van der Waals surface area (Å²) >= 11 is 0. The number of amides is 1. The second-order valence-corrected chi connectivity index (χ2v) is 6.13. The molecule has 1 amide bonds. The molecule has 0 atom stereocenters. The normalized spacial score (nSPS) is 11.0. The molecule has 0 spiro atoms. The van der Waals surface area contributed by atoms with E-state index in [1.54, 1.807) is 25.4 Å². The van der Waals surface area contributed by atoms with E-state index in [4.69, 9.17) is 4.74 Å². The molecule has 0 aliphatic carbocycles. The standard InChI is InChI=1S/C21H18F3N3O2/c1-29-17-10-4-14(5-11-17)13-26-19-18(3-2-12-25-19)20(28)27-16-8-6-15(7-9-16)21(22,23)24/h2-12H,13H2,1H3,(H,25,26)(H,27,28). The number of carbonyl (C=O) groups excluding carboxylic acids is 1. The van der Waals surface area contributed by atoms with Gasteiger partial charge in [-0.2, -0.15) is 13.2 Å². The number of hydrogen-bond donors (Lipinski definition) is 2. The molecule has 3 rings (SSSR count). The number of ether oxygens (including phenoxy) is 1. The molecule has 0 bridgehead atoms. The fraction of sp³-hybridized carbons (Fsp3) is 0.143. The van der Waals surface area contributed by atoms with Gasteiger partial charge >= 0.3 is 6.18 Å². The number of rotatable bonds is 6. The molecule has 1 heterocycles. The average molecular weight is 401 g/mol. The van der Waals surface area contributed by atoms with Crippen LogP contribution in [0.5, 0.6) is 5.75 Å². The monoisotopic (exact) mass is 401 g/mol. The molecular weight excluding hydrogens is 383 g/mol. The molecule has 0 unspecified atom stereocenters. The number of benzene rings is 2.